The number of phenols is 1. The molecule has 0 bridgehead atoms. The first-order valence-electron chi connectivity index (χ1n) is 9.04. The Bertz CT molecular complexity index is 1080. The van der Waals surface area contributed by atoms with Gasteiger partial charge in [0.05, 0.1) is 7.11 Å². The molecule has 0 amide bonds. The van der Waals surface area contributed by atoms with Crippen LogP contribution in [0.4, 0.5) is 4.39 Å². The summed E-state index contributed by atoms with van der Waals surface area (Å²) in [6.07, 6.45) is 0.351. The van der Waals surface area contributed by atoms with Gasteiger partial charge in [0.1, 0.15) is 29.7 Å². The van der Waals surface area contributed by atoms with Crippen molar-refractivity contribution in [1.82, 2.24) is 0 Å². The van der Waals surface area contributed by atoms with Crippen LogP contribution in [0.1, 0.15) is 18.1 Å². The van der Waals surface area contributed by atoms with Crippen LogP contribution in [0.2, 0.25) is 10.0 Å². The maximum absolute atomic E-state index is 14.4. The Morgan fingerprint density at radius 1 is 1.00 bits per heavy atom. The molecule has 7 heteroatoms. The lowest BCUT2D eigenvalue weighted by Crippen LogP contribution is -2.06. The average Bonchev–Trinajstić information content (AvgIpc) is 2.71. The van der Waals surface area contributed by atoms with Crippen LogP contribution in [0.15, 0.2) is 48.5 Å². The van der Waals surface area contributed by atoms with Crippen LogP contribution in [-0.4, -0.2) is 24.6 Å². The number of benzene rings is 3. The summed E-state index contributed by atoms with van der Waals surface area (Å²) in [5.74, 6) is 0.215. The monoisotopic (exact) mass is 448 g/mol. The predicted molar refractivity (Wildman–Crippen MR) is 115 cm³/mol. The Hall–Kier alpha value is -2.76. The molecule has 3 aromatic rings. The van der Waals surface area contributed by atoms with E-state index in [0.717, 1.165) is 5.56 Å². The van der Waals surface area contributed by atoms with Crippen molar-refractivity contribution in [2.45, 2.75) is 13.3 Å². The minimum Gasteiger partial charge on any atom is -0.507 e. The van der Waals surface area contributed by atoms with Crippen molar-refractivity contribution in [3.05, 3.63) is 75.5 Å². The second kappa shape index (κ2) is 9.37. The molecular weight excluding hydrogens is 430 g/mol. The predicted octanol–water partition coefficient (Wildman–Crippen LogP) is 6.07. The third-order valence-corrected chi connectivity index (χ3v) is 5.14. The normalized spacial score (nSPS) is 10.7. The molecule has 0 fully saturated rings. The summed E-state index contributed by atoms with van der Waals surface area (Å²) in [7, 11) is 1.49. The lowest BCUT2D eigenvalue weighted by Gasteiger charge is -2.13. The van der Waals surface area contributed by atoms with Crippen molar-refractivity contribution < 1.29 is 23.8 Å². The standard InChI is InChI=1S/C23H19Cl2FO4/c1-13(27)12-30-16-10-20(24)19(21(25)11-16)8-14-3-6-23(28)18(7-14)17-9-15(29-2)4-5-22(17)26/h3-7,9-11,28H,8,12H2,1-2H3. The highest BCUT2D eigenvalue weighted by Gasteiger charge is 2.15. The number of Topliss-reactive ketones (excluding diaryl/α,β-unsaturated/α-hetero) is 1. The Kier molecular flexibility index (Phi) is 6.85. The van der Waals surface area contributed by atoms with E-state index in [4.69, 9.17) is 32.7 Å². The van der Waals surface area contributed by atoms with Crippen LogP contribution in [-0.2, 0) is 11.2 Å². The van der Waals surface area contributed by atoms with Crippen LogP contribution in [0, 0.1) is 5.82 Å². The van der Waals surface area contributed by atoms with Crippen LogP contribution >= 0.6 is 23.2 Å². The Balaban J connectivity index is 1.94. The number of ketones is 1. The van der Waals surface area contributed by atoms with Crippen molar-refractivity contribution in [3.8, 4) is 28.4 Å². The second-order valence-electron chi connectivity index (χ2n) is 6.73. The van der Waals surface area contributed by atoms with Gasteiger partial charge in [0, 0.05) is 27.6 Å². The number of hydrogen-bond donors (Lipinski definition) is 1. The fourth-order valence-electron chi connectivity index (χ4n) is 2.97. The van der Waals surface area contributed by atoms with Gasteiger partial charge in [0.2, 0.25) is 0 Å². The zero-order chi connectivity index (χ0) is 21.8. The first kappa shape index (κ1) is 21.9. The van der Waals surface area contributed by atoms with E-state index in [1.807, 2.05) is 0 Å². The molecule has 1 N–H and O–H groups in total. The van der Waals surface area contributed by atoms with Crippen LogP contribution in [0.3, 0.4) is 0 Å². The molecule has 0 unspecified atom stereocenters. The molecule has 0 aliphatic rings. The maximum atomic E-state index is 14.4. The number of halogens is 3. The molecule has 4 nitrogen and oxygen atoms in total. The minimum atomic E-state index is -0.480. The number of rotatable bonds is 7. The number of aromatic hydroxyl groups is 1. The molecule has 0 radical (unpaired) electrons. The molecule has 0 spiro atoms. The highest BCUT2D eigenvalue weighted by atomic mass is 35.5. The number of carbonyl (C=O) groups is 1. The summed E-state index contributed by atoms with van der Waals surface area (Å²) < 4.78 is 24.9. The van der Waals surface area contributed by atoms with Crippen molar-refractivity contribution in [2.24, 2.45) is 0 Å². The molecule has 0 heterocycles. The second-order valence-corrected chi connectivity index (χ2v) is 7.54. The van der Waals surface area contributed by atoms with Gasteiger partial charge in [-0.25, -0.2) is 4.39 Å². The van der Waals surface area contributed by atoms with Crippen molar-refractivity contribution >= 4 is 29.0 Å². The van der Waals surface area contributed by atoms with Crippen molar-refractivity contribution in [2.75, 3.05) is 13.7 Å². The lowest BCUT2D eigenvalue weighted by molar-refractivity contribution is -0.118. The van der Waals surface area contributed by atoms with Gasteiger partial charge >= 0.3 is 0 Å². The van der Waals surface area contributed by atoms with E-state index in [2.05, 4.69) is 0 Å². The highest BCUT2D eigenvalue weighted by Crippen LogP contribution is 2.36. The molecule has 3 rings (SSSR count). The Labute approximate surface area is 183 Å². The Morgan fingerprint density at radius 3 is 2.33 bits per heavy atom. The molecule has 156 valence electrons. The summed E-state index contributed by atoms with van der Waals surface area (Å²) in [4.78, 5) is 11.1. The van der Waals surface area contributed by atoms with E-state index in [1.165, 1.54) is 38.3 Å². The van der Waals surface area contributed by atoms with E-state index in [0.29, 0.717) is 39.1 Å². The molecule has 0 saturated heterocycles. The summed E-state index contributed by atoms with van der Waals surface area (Å²) in [5, 5.41) is 11.0. The smallest absolute Gasteiger partial charge is 0.167 e. The van der Waals surface area contributed by atoms with Crippen molar-refractivity contribution in [3.63, 3.8) is 0 Å². The third-order valence-electron chi connectivity index (χ3n) is 4.46. The molecule has 0 saturated carbocycles. The summed E-state index contributed by atoms with van der Waals surface area (Å²) in [6, 6.07) is 12.4. The molecule has 0 aliphatic carbocycles. The van der Waals surface area contributed by atoms with Gasteiger partial charge in [0.15, 0.2) is 5.78 Å². The number of carbonyl (C=O) groups excluding carboxylic acids is 1. The van der Waals surface area contributed by atoms with Gasteiger partial charge in [-0.15, -0.1) is 0 Å². The minimum absolute atomic E-state index is 0.0592. The van der Waals surface area contributed by atoms with Gasteiger partial charge in [-0.1, -0.05) is 29.3 Å². The van der Waals surface area contributed by atoms with E-state index in [1.54, 1.807) is 24.3 Å². The largest absolute Gasteiger partial charge is 0.507 e. The topological polar surface area (TPSA) is 55.8 Å². The van der Waals surface area contributed by atoms with Gasteiger partial charge in [-0.2, -0.15) is 0 Å². The van der Waals surface area contributed by atoms with E-state index < -0.39 is 5.82 Å². The van der Waals surface area contributed by atoms with Crippen molar-refractivity contribution in [1.29, 1.82) is 0 Å². The number of hydrogen-bond acceptors (Lipinski definition) is 4. The van der Waals surface area contributed by atoms with Gasteiger partial charge in [-0.05, 0) is 60.5 Å². The SMILES string of the molecule is COc1ccc(F)c(-c2cc(Cc3c(Cl)cc(OCC(C)=O)cc3Cl)ccc2O)c1. The highest BCUT2D eigenvalue weighted by molar-refractivity contribution is 6.36. The van der Waals surface area contributed by atoms with Gasteiger partial charge < -0.3 is 14.6 Å². The number of ether oxygens (including phenoxy) is 2. The summed E-state index contributed by atoms with van der Waals surface area (Å²) in [5.41, 5.74) is 1.97. The van der Waals surface area contributed by atoms with E-state index in [9.17, 15) is 14.3 Å². The van der Waals surface area contributed by atoms with Crippen LogP contribution in [0.25, 0.3) is 11.1 Å². The first-order valence-corrected chi connectivity index (χ1v) is 9.80. The van der Waals surface area contributed by atoms with Gasteiger partial charge in [-0.3, -0.25) is 4.79 Å². The quantitative estimate of drug-likeness (QED) is 0.476. The first-order chi connectivity index (χ1) is 14.3. The average molecular weight is 449 g/mol. The molecule has 30 heavy (non-hydrogen) atoms. The summed E-state index contributed by atoms with van der Waals surface area (Å²) >= 11 is 12.8. The maximum Gasteiger partial charge on any atom is 0.167 e. The van der Waals surface area contributed by atoms with Gasteiger partial charge in [0.25, 0.3) is 0 Å². The van der Waals surface area contributed by atoms with E-state index in [-0.39, 0.29) is 23.7 Å². The molecule has 3 aromatic carbocycles. The summed E-state index contributed by atoms with van der Waals surface area (Å²) in [6.45, 7) is 1.35. The zero-order valence-electron chi connectivity index (χ0n) is 16.3. The molecule has 0 atom stereocenters. The lowest BCUT2D eigenvalue weighted by atomic mass is 9.97. The molecular formula is C23H19Cl2FO4. The van der Waals surface area contributed by atoms with Crippen LogP contribution in [0.5, 0.6) is 17.2 Å². The number of phenolic OH excluding ortho intramolecular Hbond substituents is 1. The fraction of sp³-hybridized carbons (Fsp3) is 0.174. The fourth-order valence-corrected chi connectivity index (χ4v) is 3.57. The zero-order valence-corrected chi connectivity index (χ0v) is 17.9. The third kappa shape index (κ3) is 5.04. The Morgan fingerprint density at radius 2 is 1.70 bits per heavy atom. The number of methoxy groups -OCH3 is 1. The van der Waals surface area contributed by atoms with E-state index >= 15 is 0 Å². The molecule has 0 aromatic heterocycles. The van der Waals surface area contributed by atoms with Crippen LogP contribution < -0.4 is 9.47 Å². The molecule has 0 aliphatic heterocycles.